The summed E-state index contributed by atoms with van der Waals surface area (Å²) in [7, 11) is 0. The standard InChI is InChI=1S/C12H18FNO.ClH/c1-12(2,3)11(15)10(14)8-6-4-5-7-9(8)13;/h4-7,10-11,15H,14H2,1-3H3;1H/t10-,11-;/m0./s1. The van der Waals surface area contributed by atoms with E-state index in [1.807, 2.05) is 20.8 Å². The third-order valence-electron chi connectivity index (χ3n) is 2.49. The summed E-state index contributed by atoms with van der Waals surface area (Å²) in [6, 6.07) is 5.59. The fourth-order valence-electron chi connectivity index (χ4n) is 1.45. The topological polar surface area (TPSA) is 46.2 Å². The SMILES string of the molecule is CC(C)(C)[C@@H](O)[C@@H](N)c1ccccc1F.Cl. The molecule has 1 aromatic rings. The van der Waals surface area contributed by atoms with Gasteiger partial charge in [0.1, 0.15) is 5.82 Å². The second kappa shape index (κ2) is 5.62. The van der Waals surface area contributed by atoms with Gasteiger partial charge in [-0.25, -0.2) is 4.39 Å². The summed E-state index contributed by atoms with van der Waals surface area (Å²) in [5.41, 5.74) is 5.84. The van der Waals surface area contributed by atoms with Gasteiger partial charge in [-0.05, 0) is 11.5 Å². The summed E-state index contributed by atoms with van der Waals surface area (Å²) < 4.78 is 13.4. The van der Waals surface area contributed by atoms with E-state index in [9.17, 15) is 9.50 Å². The molecule has 0 heterocycles. The summed E-state index contributed by atoms with van der Waals surface area (Å²) in [5.74, 6) is -0.367. The minimum Gasteiger partial charge on any atom is -0.391 e. The average molecular weight is 248 g/mol. The molecule has 0 unspecified atom stereocenters. The molecular formula is C12H19ClFNO. The zero-order valence-electron chi connectivity index (χ0n) is 9.77. The fraction of sp³-hybridized carbons (Fsp3) is 0.500. The Balaban J connectivity index is 0.00000225. The number of hydrogen-bond donors (Lipinski definition) is 2. The molecule has 16 heavy (non-hydrogen) atoms. The highest BCUT2D eigenvalue weighted by atomic mass is 35.5. The molecule has 1 aromatic carbocycles. The molecular weight excluding hydrogens is 229 g/mol. The molecule has 3 N–H and O–H groups in total. The second-order valence-electron chi connectivity index (χ2n) is 4.86. The Labute approximate surface area is 102 Å². The first-order valence-corrected chi connectivity index (χ1v) is 5.02. The number of hydrogen-bond acceptors (Lipinski definition) is 2. The van der Waals surface area contributed by atoms with E-state index in [1.165, 1.54) is 6.07 Å². The van der Waals surface area contributed by atoms with Crippen molar-refractivity contribution in [3.63, 3.8) is 0 Å². The largest absolute Gasteiger partial charge is 0.391 e. The number of aliphatic hydroxyl groups excluding tert-OH is 1. The molecule has 0 aliphatic heterocycles. The van der Waals surface area contributed by atoms with Crippen molar-refractivity contribution in [3.05, 3.63) is 35.6 Å². The van der Waals surface area contributed by atoms with Crippen LogP contribution in [0, 0.1) is 11.2 Å². The van der Waals surface area contributed by atoms with Crippen LogP contribution < -0.4 is 5.73 Å². The molecule has 2 atom stereocenters. The Kier molecular flexibility index (Phi) is 5.39. The Morgan fingerprint density at radius 3 is 2.19 bits per heavy atom. The molecule has 0 fully saturated rings. The van der Waals surface area contributed by atoms with Gasteiger partial charge >= 0.3 is 0 Å². The monoisotopic (exact) mass is 247 g/mol. The van der Waals surface area contributed by atoms with Gasteiger partial charge in [-0.15, -0.1) is 12.4 Å². The van der Waals surface area contributed by atoms with Crippen molar-refractivity contribution in [2.45, 2.75) is 32.9 Å². The van der Waals surface area contributed by atoms with Gasteiger partial charge in [0, 0.05) is 5.56 Å². The molecule has 1 rings (SSSR count). The highest BCUT2D eigenvalue weighted by Crippen LogP contribution is 2.29. The maximum atomic E-state index is 13.4. The van der Waals surface area contributed by atoms with Crippen molar-refractivity contribution in [1.29, 1.82) is 0 Å². The van der Waals surface area contributed by atoms with Gasteiger partial charge in [0.05, 0.1) is 12.1 Å². The van der Waals surface area contributed by atoms with E-state index in [2.05, 4.69) is 0 Å². The number of halogens is 2. The number of rotatable bonds is 2. The molecule has 0 amide bonds. The normalized spacial score (nSPS) is 15.1. The number of benzene rings is 1. The summed E-state index contributed by atoms with van der Waals surface area (Å²) >= 11 is 0. The van der Waals surface area contributed by atoms with Crippen LogP contribution in [0.15, 0.2) is 24.3 Å². The summed E-state index contributed by atoms with van der Waals surface area (Å²) in [6.45, 7) is 5.62. The van der Waals surface area contributed by atoms with E-state index in [1.54, 1.807) is 18.2 Å². The van der Waals surface area contributed by atoms with E-state index < -0.39 is 12.1 Å². The Morgan fingerprint density at radius 2 is 1.75 bits per heavy atom. The van der Waals surface area contributed by atoms with E-state index in [0.29, 0.717) is 5.56 Å². The van der Waals surface area contributed by atoms with E-state index in [4.69, 9.17) is 5.73 Å². The van der Waals surface area contributed by atoms with Crippen LogP contribution in [0.4, 0.5) is 4.39 Å². The van der Waals surface area contributed by atoms with Crippen LogP contribution in [0.25, 0.3) is 0 Å². The smallest absolute Gasteiger partial charge is 0.128 e. The van der Waals surface area contributed by atoms with Gasteiger partial charge in [0.2, 0.25) is 0 Å². The van der Waals surface area contributed by atoms with Crippen LogP contribution in [0.3, 0.4) is 0 Å². The molecule has 0 bridgehead atoms. The lowest BCUT2D eigenvalue weighted by Crippen LogP contribution is -2.37. The maximum Gasteiger partial charge on any atom is 0.128 e. The van der Waals surface area contributed by atoms with Crippen LogP contribution in [0.2, 0.25) is 0 Å². The predicted molar refractivity (Wildman–Crippen MR) is 66.0 cm³/mol. The van der Waals surface area contributed by atoms with Crippen LogP contribution in [0.5, 0.6) is 0 Å². The van der Waals surface area contributed by atoms with Crippen molar-refractivity contribution in [1.82, 2.24) is 0 Å². The third-order valence-corrected chi connectivity index (χ3v) is 2.49. The van der Waals surface area contributed by atoms with E-state index in [0.717, 1.165) is 0 Å². The Hall–Kier alpha value is -0.640. The van der Waals surface area contributed by atoms with Crippen molar-refractivity contribution >= 4 is 12.4 Å². The summed E-state index contributed by atoms with van der Waals surface area (Å²) in [4.78, 5) is 0. The quantitative estimate of drug-likeness (QED) is 0.844. The molecule has 0 spiro atoms. The number of nitrogens with two attached hydrogens (primary N) is 1. The van der Waals surface area contributed by atoms with Crippen molar-refractivity contribution in [2.24, 2.45) is 11.1 Å². The zero-order chi connectivity index (χ0) is 11.6. The first-order valence-electron chi connectivity index (χ1n) is 5.02. The average Bonchev–Trinajstić information content (AvgIpc) is 2.15. The Bertz CT molecular complexity index is 338. The lowest BCUT2D eigenvalue weighted by molar-refractivity contribution is 0.0391. The van der Waals surface area contributed by atoms with Crippen molar-refractivity contribution in [2.75, 3.05) is 0 Å². The molecule has 0 saturated heterocycles. The van der Waals surface area contributed by atoms with Crippen LogP contribution >= 0.6 is 12.4 Å². The van der Waals surface area contributed by atoms with Crippen LogP contribution in [-0.4, -0.2) is 11.2 Å². The summed E-state index contributed by atoms with van der Waals surface area (Å²) in [5, 5.41) is 9.94. The molecule has 0 saturated carbocycles. The first-order chi connectivity index (χ1) is 6.84. The van der Waals surface area contributed by atoms with Gasteiger partial charge in [-0.1, -0.05) is 39.0 Å². The highest BCUT2D eigenvalue weighted by molar-refractivity contribution is 5.85. The van der Waals surface area contributed by atoms with Gasteiger partial charge in [-0.2, -0.15) is 0 Å². The Morgan fingerprint density at radius 1 is 1.25 bits per heavy atom. The van der Waals surface area contributed by atoms with Gasteiger partial charge in [0.15, 0.2) is 0 Å². The van der Waals surface area contributed by atoms with E-state index >= 15 is 0 Å². The molecule has 0 radical (unpaired) electrons. The molecule has 2 nitrogen and oxygen atoms in total. The minimum atomic E-state index is -0.769. The van der Waals surface area contributed by atoms with Crippen LogP contribution in [-0.2, 0) is 0 Å². The third kappa shape index (κ3) is 3.44. The fourth-order valence-corrected chi connectivity index (χ4v) is 1.45. The van der Waals surface area contributed by atoms with Gasteiger partial charge in [0.25, 0.3) is 0 Å². The van der Waals surface area contributed by atoms with Gasteiger partial charge in [-0.3, -0.25) is 0 Å². The minimum absolute atomic E-state index is 0. The highest BCUT2D eigenvalue weighted by Gasteiger charge is 2.30. The summed E-state index contributed by atoms with van der Waals surface area (Å²) in [6.07, 6.45) is -0.769. The lowest BCUT2D eigenvalue weighted by Gasteiger charge is -2.31. The molecule has 0 aromatic heterocycles. The van der Waals surface area contributed by atoms with Crippen molar-refractivity contribution in [3.8, 4) is 0 Å². The molecule has 0 aliphatic carbocycles. The molecule has 4 heteroatoms. The van der Waals surface area contributed by atoms with Gasteiger partial charge < -0.3 is 10.8 Å². The molecule has 92 valence electrons. The zero-order valence-corrected chi connectivity index (χ0v) is 10.6. The van der Waals surface area contributed by atoms with Crippen LogP contribution in [0.1, 0.15) is 32.4 Å². The molecule has 0 aliphatic rings. The second-order valence-corrected chi connectivity index (χ2v) is 4.86. The maximum absolute atomic E-state index is 13.4. The first kappa shape index (κ1) is 15.4. The van der Waals surface area contributed by atoms with E-state index in [-0.39, 0.29) is 23.6 Å². The number of aliphatic hydroxyl groups is 1. The van der Waals surface area contributed by atoms with Crippen molar-refractivity contribution < 1.29 is 9.50 Å². The lowest BCUT2D eigenvalue weighted by atomic mass is 9.82. The predicted octanol–water partition coefficient (Wildman–Crippen LogP) is 2.65.